The topological polar surface area (TPSA) is 54.3 Å². The predicted octanol–water partition coefficient (Wildman–Crippen LogP) is 2.87. The Kier molecular flexibility index (Phi) is 5.58. The molecule has 0 fully saturated rings. The van der Waals surface area contributed by atoms with Crippen LogP contribution in [0.3, 0.4) is 0 Å². The molecule has 4 nitrogen and oxygen atoms in total. The number of furan rings is 1. The Bertz CT molecular complexity index is 535. The number of amides is 1. The summed E-state index contributed by atoms with van der Waals surface area (Å²) in [4.78, 5) is 11.7. The van der Waals surface area contributed by atoms with Crippen LogP contribution in [0.25, 0.3) is 0 Å². The van der Waals surface area contributed by atoms with Gasteiger partial charge in [0, 0.05) is 19.0 Å². The van der Waals surface area contributed by atoms with E-state index in [0.717, 1.165) is 11.3 Å². The van der Waals surface area contributed by atoms with Gasteiger partial charge in [-0.3, -0.25) is 4.79 Å². The molecule has 4 heteroatoms. The van der Waals surface area contributed by atoms with Crippen molar-refractivity contribution in [1.82, 2.24) is 10.6 Å². The van der Waals surface area contributed by atoms with Crippen molar-refractivity contribution in [2.45, 2.75) is 32.4 Å². The lowest BCUT2D eigenvalue weighted by atomic mass is 10.0. The fraction of sp³-hybridized carbons (Fsp3) is 0.353. The highest BCUT2D eigenvalue weighted by molar-refractivity contribution is 5.76. The van der Waals surface area contributed by atoms with Gasteiger partial charge in [-0.1, -0.05) is 30.3 Å². The molecule has 1 atom stereocenters. The molecule has 0 aliphatic rings. The Balaban J connectivity index is 1.97. The molecule has 0 saturated heterocycles. The van der Waals surface area contributed by atoms with Crippen molar-refractivity contribution in [2.24, 2.45) is 0 Å². The third kappa shape index (κ3) is 4.76. The van der Waals surface area contributed by atoms with E-state index in [1.165, 1.54) is 0 Å². The smallest absolute Gasteiger partial charge is 0.221 e. The van der Waals surface area contributed by atoms with E-state index in [-0.39, 0.29) is 18.0 Å². The van der Waals surface area contributed by atoms with Gasteiger partial charge in [0.2, 0.25) is 5.91 Å². The summed E-state index contributed by atoms with van der Waals surface area (Å²) in [5.74, 6) is 0.911. The molecular formula is C17H22N2O2. The maximum Gasteiger partial charge on any atom is 0.221 e. The molecule has 1 aromatic carbocycles. The average molecular weight is 286 g/mol. The van der Waals surface area contributed by atoms with Gasteiger partial charge in [0.1, 0.15) is 5.76 Å². The van der Waals surface area contributed by atoms with Crippen molar-refractivity contribution in [3.05, 3.63) is 60.1 Å². The van der Waals surface area contributed by atoms with Crippen LogP contribution in [0.5, 0.6) is 0 Å². The largest absolute Gasteiger partial charge is 0.467 e. The van der Waals surface area contributed by atoms with E-state index in [0.29, 0.717) is 13.0 Å². The number of carbonyl (C=O) groups excluding carboxylic acids is 1. The molecule has 0 radical (unpaired) electrons. The highest BCUT2D eigenvalue weighted by Gasteiger charge is 2.16. The summed E-state index contributed by atoms with van der Waals surface area (Å²) in [5.41, 5.74) is 1.12. The van der Waals surface area contributed by atoms with Gasteiger partial charge in [0.15, 0.2) is 0 Å². The second-order valence-electron chi connectivity index (χ2n) is 5.29. The third-order valence-corrected chi connectivity index (χ3v) is 3.11. The third-order valence-electron chi connectivity index (χ3n) is 3.11. The fourth-order valence-electron chi connectivity index (χ4n) is 2.21. The second kappa shape index (κ2) is 7.64. The summed E-state index contributed by atoms with van der Waals surface area (Å²) in [5, 5.41) is 6.28. The molecular weight excluding hydrogens is 264 g/mol. The zero-order valence-electron chi connectivity index (χ0n) is 12.5. The minimum Gasteiger partial charge on any atom is -0.467 e. The van der Waals surface area contributed by atoms with Crippen molar-refractivity contribution in [1.29, 1.82) is 0 Å². The summed E-state index contributed by atoms with van der Waals surface area (Å²) >= 11 is 0. The molecule has 0 saturated carbocycles. The Morgan fingerprint density at radius 1 is 1.14 bits per heavy atom. The average Bonchev–Trinajstić information content (AvgIpc) is 2.97. The minimum atomic E-state index is -0.0342. The highest BCUT2D eigenvalue weighted by Crippen LogP contribution is 2.22. The lowest BCUT2D eigenvalue weighted by Gasteiger charge is -2.17. The molecule has 2 N–H and O–H groups in total. The van der Waals surface area contributed by atoms with Crippen LogP contribution >= 0.6 is 0 Å². The van der Waals surface area contributed by atoms with Gasteiger partial charge in [0.25, 0.3) is 0 Å². The number of rotatable bonds is 7. The van der Waals surface area contributed by atoms with Crippen LogP contribution < -0.4 is 10.6 Å². The molecule has 0 spiro atoms. The second-order valence-corrected chi connectivity index (χ2v) is 5.29. The zero-order chi connectivity index (χ0) is 15.1. The van der Waals surface area contributed by atoms with Gasteiger partial charge in [-0.25, -0.2) is 0 Å². The van der Waals surface area contributed by atoms with E-state index in [1.807, 2.05) is 56.3 Å². The number of carbonyl (C=O) groups is 1. The normalized spacial score (nSPS) is 12.3. The Morgan fingerprint density at radius 2 is 1.90 bits per heavy atom. The number of hydrogen-bond donors (Lipinski definition) is 2. The summed E-state index contributed by atoms with van der Waals surface area (Å²) < 4.78 is 5.51. The molecule has 2 aromatic rings. The predicted molar refractivity (Wildman–Crippen MR) is 82.9 cm³/mol. The van der Waals surface area contributed by atoms with Crippen LogP contribution in [0.2, 0.25) is 0 Å². The molecule has 0 bridgehead atoms. The molecule has 1 amide bonds. The van der Waals surface area contributed by atoms with Gasteiger partial charge < -0.3 is 15.1 Å². The van der Waals surface area contributed by atoms with Crippen LogP contribution in [0.4, 0.5) is 0 Å². The maximum atomic E-state index is 11.7. The van der Waals surface area contributed by atoms with Crippen LogP contribution in [0.1, 0.15) is 37.6 Å². The molecule has 1 heterocycles. The molecule has 2 rings (SSSR count). The van der Waals surface area contributed by atoms with E-state index in [9.17, 15) is 4.79 Å². The molecule has 112 valence electrons. The summed E-state index contributed by atoms with van der Waals surface area (Å²) in [6.45, 7) is 4.51. The van der Waals surface area contributed by atoms with E-state index in [1.54, 1.807) is 6.26 Å². The van der Waals surface area contributed by atoms with Gasteiger partial charge in [-0.15, -0.1) is 0 Å². The standard InChI is InChI=1S/C17H22N2O2/c1-13(2)19-16(20)10-11-18-17(15-9-6-12-21-15)14-7-4-3-5-8-14/h3-9,12-13,17-18H,10-11H2,1-2H3,(H,19,20). The quantitative estimate of drug-likeness (QED) is 0.823. The van der Waals surface area contributed by atoms with Crippen molar-refractivity contribution in [3.63, 3.8) is 0 Å². The van der Waals surface area contributed by atoms with Crippen molar-refractivity contribution >= 4 is 5.91 Å². The van der Waals surface area contributed by atoms with Gasteiger partial charge >= 0.3 is 0 Å². The van der Waals surface area contributed by atoms with Gasteiger partial charge in [-0.05, 0) is 31.5 Å². The fourth-order valence-corrected chi connectivity index (χ4v) is 2.21. The van der Waals surface area contributed by atoms with Crippen molar-refractivity contribution in [3.8, 4) is 0 Å². The first-order chi connectivity index (χ1) is 10.2. The number of hydrogen-bond acceptors (Lipinski definition) is 3. The SMILES string of the molecule is CC(C)NC(=O)CCNC(c1ccccc1)c1ccco1. The first-order valence-corrected chi connectivity index (χ1v) is 7.28. The van der Waals surface area contributed by atoms with Crippen molar-refractivity contribution in [2.75, 3.05) is 6.54 Å². The highest BCUT2D eigenvalue weighted by atomic mass is 16.3. The molecule has 0 aliphatic heterocycles. The molecule has 0 aliphatic carbocycles. The van der Waals surface area contributed by atoms with E-state index in [2.05, 4.69) is 10.6 Å². The Hall–Kier alpha value is -2.07. The van der Waals surface area contributed by atoms with E-state index in [4.69, 9.17) is 4.42 Å². The van der Waals surface area contributed by atoms with E-state index >= 15 is 0 Å². The first-order valence-electron chi connectivity index (χ1n) is 7.28. The summed E-state index contributed by atoms with van der Waals surface area (Å²) in [6, 6.07) is 14.0. The Morgan fingerprint density at radius 3 is 2.52 bits per heavy atom. The lowest BCUT2D eigenvalue weighted by Crippen LogP contribution is -2.33. The van der Waals surface area contributed by atoms with Crippen LogP contribution in [0, 0.1) is 0 Å². The first kappa shape index (κ1) is 15.3. The number of nitrogens with one attached hydrogen (secondary N) is 2. The zero-order valence-corrected chi connectivity index (χ0v) is 12.5. The van der Waals surface area contributed by atoms with Crippen molar-refractivity contribution < 1.29 is 9.21 Å². The lowest BCUT2D eigenvalue weighted by molar-refractivity contribution is -0.121. The molecule has 1 aromatic heterocycles. The summed E-state index contributed by atoms with van der Waals surface area (Å²) in [7, 11) is 0. The van der Waals surface area contributed by atoms with Gasteiger partial charge in [0.05, 0.1) is 12.3 Å². The van der Waals surface area contributed by atoms with Gasteiger partial charge in [-0.2, -0.15) is 0 Å². The van der Waals surface area contributed by atoms with Crippen LogP contribution in [-0.2, 0) is 4.79 Å². The van der Waals surface area contributed by atoms with E-state index < -0.39 is 0 Å². The van der Waals surface area contributed by atoms with Crippen LogP contribution in [-0.4, -0.2) is 18.5 Å². The monoisotopic (exact) mass is 286 g/mol. The minimum absolute atomic E-state index is 0.0342. The summed E-state index contributed by atoms with van der Waals surface area (Å²) in [6.07, 6.45) is 2.11. The van der Waals surface area contributed by atoms with Crippen LogP contribution in [0.15, 0.2) is 53.1 Å². The molecule has 21 heavy (non-hydrogen) atoms. The number of benzene rings is 1. The Labute approximate surface area is 125 Å². The maximum absolute atomic E-state index is 11.7. The molecule has 1 unspecified atom stereocenters.